The Morgan fingerprint density at radius 3 is 2.91 bits per heavy atom. The first-order chi connectivity index (χ1) is 5.22. The number of allylic oxidation sites excluding steroid dienone is 5. The summed E-state index contributed by atoms with van der Waals surface area (Å²) in [5.74, 6) is 0. The van der Waals surface area contributed by atoms with Crippen LogP contribution < -0.4 is 0 Å². The second kappa shape index (κ2) is 3.45. The van der Waals surface area contributed by atoms with Crippen molar-refractivity contribution in [3.8, 4) is 0 Å². The Kier molecular flexibility index (Phi) is 2.56. The average Bonchev–Trinajstić information content (AvgIpc) is 2.00. The summed E-state index contributed by atoms with van der Waals surface area (Å²) in [5, 5.41) is 0. The summed E-state index contributed by atoms with van der Waals surface area (Å²) in [4.78, 5) is 0. The van der Waals surface area contributed by atoms with Gasteiger partial charge in [-0.05, 0) is 31.9 Å². The van der Waals surface area contributed by atoms with Gasteiger partial charge in [0.05, 0.1) is 0 Å². The van der Waals surface area contributed by atoms with Gasteiger partial charge in [-0.3, -0.25) is 0 Å². The molecule has 1 rings (SSSR count). The molecule has 0 unspecified atom stereocenters. The molecule has 1 heteroatoms. The number of hydrogen-bond donors (Lipinski definition) is 0. The van der Waals surface area contributed by atoms with Crippen LogP contribution in [0.5, 0.6) is 0 Å². The van der Waals surface area contributed by atoms with Crippen molar-refractivity contribution < 1.29 is 0 Å². The van der Waals surface area contributed by atoms with E-state index in [1.54, 1.807) is 0 Å². The Balaban J connectivity index is 3.13. The van der Waals surface area contributed by atoms with Gasteiger partial charge < -0.3 is 0 Å². The smallest absolute Gasteiger partial charge is 0.117 e. The molecule has 0 fully saturated rings. The van der Waals surface area contributed by atoms with Crippen molar-refractivity contribution >= 4 is 7.85 Å². The maximum Gasteiger partial charge on any atom is 0.134 e. The second-order valence-electron chi connectivity index (χ2n) is 2.97. The van der Waals surface area contributed by atoms with E-state index in [-0.39, 0.29) is 0 Å². The number of hydrogen-bond acceptors (Lipinski definition) is 0. The normalized spacial score (nSPS) is 27.3. The van der Waals surface area contributed by atoms with E-state index in [2.05, 4.69) is 39.6 Å². The minimum atomic E-state index is 1.07. The molecule has 0 N–H and O–H groups in total. The SMILES string of the molecule is B/C1=C(/C)C(C)=C=C/C=C\C1. The van der Waals surface area contributed by atoms with E-state index in [9.17, 15) is 0 Å². The fourth-order valence-electron chi connectivity index (χ4n) is 1.07. The third-order valence-corrected chi connectivity index (χ3v) is 2.16. The van der Waals surface area contributed by atoms with Crippen LogP contribution in [-0.2, 0) is 0 Å². The first-order valence-electron chi connectivity index (χ1n) is 3.97. The third-order valence-electron chi connectivity index (χ3n) is 2.16. The van der Waals surface area contributed by atoms with Gasteiger partial charge in [0.1, 0.15) is 7.85 Å². The Labute approximate surface area is 69.4 Å². The van der Waals surface area contributed by atoms with Crippen LogP contribution >= 0.6 is 0 Å². The zero-order valence-corrected chi connectivity index (χ0v) is 7.44. The minimum absolute atomic E-state index is 1.07. The first kappa shape index (κ1) is 8.16. The predicted molar refractivity (Wildman–Crippen MR) is 52.3 cm³/mol. The van der Waals surface area contributed by atoms with E-state index >= 15 is 0 Å². The van der Waals surface area contributed by atoms with Crippen LogP contribution in [0.1, 0.15) is 20.3 Å². The molecule has 0 atom stereocenters. The van der Waals surface area contributed by atoms with Crippen LogP contribution in [0.3, 0.4) is 0 Å². The molecule has 56 valence electrons. The molecule has 0 saturated heterocycles. The number of rotatable bonds is 0. The van der Waals surface area contributed by atoms with E-state index in [0.29, 0.717) is 0 Å². The zero-order chi connectivity index (χ0) is 8.27. The highest BCUT2D eigenvalue weighted by Gasteiger charge is 1.97. The molecule has 0 heterocycles. The Hall–Kier alpha value is -0.935. The fraction of sp³-hybridized carbons (Fsp3) is 0.300. The van der Waals surface area contributed by atoms with Crippen molar-refractivity contribution in [2.45, 2.75) is 20.3 Å². The lowest BCUT2D eigenvalue weighted by atomic mass is 9.85. The van der Waals surface area contributed by atoms with E-state index < -0.39 is 0 Å². The highest BCUT2D eigenvalue weighted by Crippen LogP contribution is 2.14. The molecule has 0 aromatic carbocycles. The van der Waals surface area contributed by atoms with Gasteiger partial charge in [0.15, 0.2) is 0 Å². The Morgan fingerprint density at radius 2 is 2.18 bits per heavy atom. The quantitative estimate of drug-likeness (QED) is 0.360. The van der Waals surface area contributed by atoms with Crippen molar-refractivity contribution in [1.29, 1.82) is 0 Å². The fourth-order valence-corrected chi connectivity index (χ4v) is 1.07. The van der Waals surface area contributed by atoms with E-state index in [1.807, 2.05) is 6.08 Å². The van der Waals surface area contributed by atoms with Crippen molar-refractivity contribution in [2.24, 2.45) is 0 Å². The Morgan fingerprint density at radius 1 is 1.45 bits per heavy atom. The lowest BCUT2D eigenvalue weighted by molar-refractivity contribution is 1.23. The summed E-state index contributed by atoms with van der Waals surface area (Å²) in [6.07, 6.45) is 7.27. The second-order valence-corrected chi connectivity index (χ2v) is 2.97. The van der Waals surface area contributed by atoms with Crippen LogP contribution in [0.25, 0.3) is 0 Å². The van der Waals surface area contributed by atoms with Crippen LogP contribution in [0.2, 0.25) is 0 Å². The van der Waals surface area contributed by atoms with Gasteiger partial charge in [0, 0.05) is 0 Å². The monoisotopic (exact) mass is 144 g/mol. The topological polar surface area (TPSA) is 0 Å². The molecule has 0 bridgehead atoms. The van der Waals surface area contributed by atoms with Gasteiger partial charge in [-0.25, -0.2) is 0 Å². The van der Waals surface area contributed by atoms with Crippen molar-refractivity contribution in [3.63, 3.8) is 0 Å². The van der Waals surface area contributed by atoms with E-state index in [0.717, 1.165) is 6.42 Å². The molecule has 0 saturated carbocycles. The Bertz CT molecular complexity index is 273. The molecule has 11 heavy (non-hydrogen) atoms. The van der Waals surface area contributed by atoms with Crippen LogP contribution in [0, 0.1) is 0 Å². The minimum Gasteiger partial charge on any atom is -0.117 e. The maximum absolute atomic E-state index is 3.21. The lowest BCUT2D eigenvalue weighted by Gasteiger charge is -2.05. The van der Waals surface area contributed by atoms with Gasteiger partial charge in [-0.1, -0.05) is 17.7 Å². The van der Waals surface area contributed by atoms with Crippen molar-refractivity contribution in [3.05, 3.63) is 40.6 Å². The van der Waals surface area contributed by atoms with Gasteiger partial charge in [0.25, 0.3) is 0 Å². The summed E-state index contributed by atoms with van der Waals surface area (Å²) in [5.41, 5.74) is 7.29. The summed E-state index contributed by atoms with van der Waals surface area (Å²) >= 11 is 0. The lowest BCUT2D eigenvalue weighted by Crippen LogP contribution is -1.89. The van der Waals surface area contributed by atoms with Crippen LogP contribution in [-0.4, -0.2) is 7.85 Å². The molecule has 0 aliphatic heterocycles. The van der Waals surface area contributed by atoms with Gasteiger partial charge in [-0.2, -0.15) is 0 Å². The van der Waals surface area contributed by atoms with Crippen molar-refractivity contribution in [1.82, 2.24) is 0 Å². The van der Waals surface area contributed by atoms with Gasteiger partial charge >= 0.3 is 0 Å². The molecule has 0 aromatic rings. The first-order valence-corrected chi connectivity index (χ1v) is 3.97. The molecule has 1 aliphatic carbocycles. The largest absolute Gasteiger partial charge is 0.134 e. The zero-order valence-electron chi connectivity index (χ0n) is 7.44. The highest BCUT2D eigenvalue weighted by molar-refractivity contribution is 6.22. The summed E-state index contributed by atoms with van der Waals surface area (Å²) < 4.78 is 0. The van der Waals surface area contributed by atoms with E-state index in [1.165, 1.54) is 16.6 Å². The highest BCUT2D eigenvalue weighted by atomic mass is 14.0. The molecule has 0 spiro atoms. The molecule has 0 radical (unpaired) electrons. The van der Waals surface area contributed by atoms with Crippen LogP contribution in [0.4, 0.5) is 0 Å². The molecule has 0 nitrogen and oxygen atoms in total. The average molecular weight is 144 g/mol. The summed E-state index contributed by atoms with van der Waals surface area (Å²) in [6.45, 7) is 4.26. The predicted octanol–water partition coefficient (Wildman–Crippen LogP) is 1.95. The van der Waals surface area contributed by atoms with Gasteiger partial charge in [-0.15, -0.1) is 11.2 Å². The van der Waals surface area contributed by atoms with E-state index in [4.69, 9.17) is 0 Å². The molecular weight excluding hydrogens is 131 g/mol. The maximum atomic E-state index is 3.21. The molecule has 0 amide bonds. The summed E-state index contributed by atoms with van der Waals surface area (Å²) in [7, 11) is 2.18. The van der Waals surface area contributed by atoms with Crippen LogP contribution in [0.15, 0.2) is 40.6 Å². The molecular formula is C10H13B. The summed E-state index contributed by atoms with van der Waals surface area (Å²) in [6, 6.07) is 0. The third kappa shape index (κ3) is 1.99. The van der Waals surface area contributed by atoms with Gasteiger partial charge in [0.2, 0.25) is 0 Å². The molecule has 0 aromatic heterocycles. The standard InChI is InChI=1S/C10H13B/c1-8-6-4-3-5-7-10(11)9(8)2/h3-5H,7,11H2,1-2H3/b5-3-,10-9-. The van der Waals surface area contributed by atoms with Crippen molar-refractivity contribution in [2.75, 3.05) is 0 Å². The molecule has 1 aliphatic rings.